The van der Waals surface area contributed by atoms with E-state index >= 15 is 0 Å². The molecule has 3 heteroatoms. The van der Waals surface area contributed by atoms with Gasteiger partial charge in [0, 0.05) is 17.5 Å². The van der Waals surface area contributed by atoms with Gasteiger partial charge in [-0.3, -0.25) is 0 Å². The normalized spacial score (nSPS) is 33.4. The first-order valence-electron chi connectivity index (χ1n) is 11.6. The molecule has 1 N–H and O–H groups in total. The lowest BCUT2D eigenvalue weighted by atomic mass is 9.48. The molecule has 0 saturated heterocycles. The quantitative estimate of drug-likeness (QED) is 0.729. The summed E-state index contributed by atoms with van der Waals surface area (Å²) < 4.78 is 2.29. The molecule has 1 aromatic heterocycles. The third-order valence-electron chi connectivity index (χ3n) is 8.26. The number of rotatable bonds is 2. The Morgan fingerprint density at radius 3 is 2.43 bits per heavy atom. The highest BCUT2D eigenvalue weighted by molar-refractivity contribution is 5.58. The number of anilines is 1. The fraction of sp³-hybridized carbons (Fsp3) is 0.640. The first kappa shape index (κ1) is 17.1. The molecule has 4 aliphatic carbocycles. The van der Waals surface area contributed by atoms with Gasteiger partial charge in [-0.15, -0.1) is 0 Å². The summed E-state index contributed by atoms with van der Waals surface area (Å²) in [6.07, 6.45) is 12.4. The molecular weight excluding hydrogens is 342 g/mol. The van der Waals surface area contributed by atoms with Crippen molar-refractivity contribution in [3.8, 4) is 5.69 Å². The molecule has 3 nitrogen and oxygen atoms in total. The van der Waals surface area contributed by atoms with Crippen LogP contribution in [0.1, 0.15) is 73.8 Å². The van der Waals surface area contributed by atoms with Gasteiger partial charge in [-0.2, -0.15) is 5.10 Å². The van der Waals surface area contributed by atoms with Crippen molar-refractivity contribution in [2.24, 2.45) is 17.8 Å². The molecule has 1 aliphatic heterocycles. The Hall–Kier alpha value is -1.77. The van der Waals surface area contributed by atoms with E-state index in [1.54, 1.807) is 5.56 Å². The minimum Gasteiger partial charge on any atom is -0.370 e. The molecule has 0 radical (unpaired) electrons. The summed E-state index contributed by atoms with van der Waals surface area (Å²) >= 11 is 0. The lowest BCUT2D eigenvalue weighted by Gasteiger charge is -2.56. The fourth-order valence-electron chi connectivity index (χ4n) is 7.45. The average molecular weight is 376 g/mol. The maximum absolute atomic E-state index is 5.45. The van der Waals surface area contributed by atoms with Gasteiger partial charge in [0.2, 0.25) is 0 Å². The Labute approximate surface area is 168 Å². The van der Waals surface area contributed by atoms with E-state index in [1.807, 2.05) is 0 Å². The van der Waals surface area contributed by atoms with Gasteiger partial charge >= 0.3 is 0 Å². The standard InChI is InChI=1S/C25H33N3/c1-16-6-7-17(2)22(9-16)28-24-21(5-3-4-8-26-24)23(27-28)25-13-18-10-19(14-25)12-20(11-18)15-25/h6-7,9,18-20,26H,3-5,8,10-15H2,1-2H3. The van der Waals surface area contributed by atoms with E-state index in [9.17, 15) is 0 Å². The number of benzene rings is 1. The van der Waals surface area contributed by atoms with Crippen molar-refractivity contribution in [2.45, 2.75) is 77.0 Å². The molecule has 0 amide bonds. The van der Waals surface area contributed by atoms with E-state index in [4.69, 9.17) is 5.10 Å². The molecular formula is C25H33N3. The van der Waals surface area contributed by atoms with Crippen LogP contribution < -0.4 is 5.32 Å². The first-order valence-corrected chi connectivity index (χ1v) is 11.6. The van der Waals surface area contributed by atoms with Crippen LogP contribution in [0.4, 0.5) is 5.82 Å². The fourth-order valence-corrected chi connectivity index (χ4v) is 7.45. The summed E-state index contributed by atoms with van der Waals surface area (Å²) in [6.45, 7) is 5.49. The predicted molar refractivity (Wildman–Crippen MR) is 114 cm³/mol. The molecule has 148 valence electrons. The van der Waals surface area contributed by atoms with E-state index in [2.05, 4.69) is 42.0 Å². The molecule has 28 heavy (non-hydrogen) atoms. The van der Waals surface area contributed by atoms with E-state index in [-0.39, 0.29) is 0 Å². The maximum Gasteiger partial charge on any atom is 0.133 e. The van der Waals surface area contributed by atoms with E-state index in [0.29, 0.717) is 5.41 Å². The lowest BCUT2D eigenvalue weighted by molar-refractivity contribution is -0.00773. The first-order chi connectivity index (χ1) is 13.6. The topological polar surface area (TPSA) is 29.9 Å². The zero-order valence-electron chi connectivity index (χ0n) is 17.4. The van der Waals surface area contributed by atoms with Gasteiger partial charge in [-0.05, 0) is 107 Å². The highest BCUT2D eigenvalue weighted by Crippen LogP contribution is 2.61. The number of nitrogens with one attached hydrogen (secondary N) is 1. The largest absolute Gasteiger partial charge is 0.370 e. The van der Waals surface area contributed by atoms with Gasteiger partial charge < -0.3 is 5.32 Å². The van der Waals surface area contributed by atoms with Crippen LogP contribution in [0.15, 0.2) is 18.2 Å². The predicted octanol–water partition coefficient (Wildman–Crippen LogP) is 5.71. The molecule has 1 aromatic carbocycles. The Morgan fingerprint density at radius 2 is 1.71 bits per heavy atom. The summed E-state index contributed by atoms with van der Waals surface area (Å²) in [5, 5.41) is 9.24. The summed E-state index contributed by atoms with van der Waals surface area (Å²) in [7, 11) is 0. The van der Waals surface area contributed by atoms with Crippen LogP contribution in [0.3, 0.4) is 0 Å². The molecule has 0 atom stereocenters. The molecule has 4 bridgehead atoms. The third-order valence-corrected chi connectivity index (χ3v) is 8.26. The zero-order valence-corrected chi connectivity index (χ0v) is 17.4. The Balaban J connectivity index is 1.53. The van der Waals surface area contributed by atoms with Gasteiger partial charge in [0.15, 0.2) is 0 Å². The summed E-state index contributed by atoms with van der Waals surface area (Å²) in [5.74, 6) is 4.20. The molecule has 0 unspecified atom stereocenters. The van der Waals surface area contributed by atoms with E-state index in [1.165, 1.54) is 86.1 Å². The second kappa shape index (κ2) is 6.11. The van der Waals surface area contributed by atoms with Crippen molar-refractivity contribution in [1.82, 2.24) is 9.78 Å². The molecule has 4 saturated carbocycles. The monoisotopic (exact) mass is 375 g/mol. The molecule has 5 aliphatic rings. The summed E-state index contributed by atoms with van der Waals surface area (Å²) in [4.78, 5) is 0. The van der Waals surface area contributed by atoms with Crippen LogP contribution in [0, 0.1) is 31.6 Å². The van der Waals surface area contributed by atoms with Crippen molar-refractivity contribution in [3.63, 3.8) is 0 Å². The highest BCUT2D eigenvalue weighted by atomic mass is 15.3. The van der Waals surface area contributed by atoms with Gasteiger partial charge in [-0.1, -0.05) is 12.1 Å². The second-order valence-electron chi connectivity index (χ2n) is 10.5. The third kappa shape index (κ3) is 2.51. The van der Waals surface area contributed by atoms with Crippen LogP contribution >= 0.6 is 0 Å². The molecule has 4 fully saturated rings. The minimum absolute atomic E-state index is 0.369. The molecule has 2 heterocycles. The number of nitrogens with zero attached hydrogens (tertiary/aromatic N) is 2. The van der Waals surface area contributed by atoms with Crippen molar-refractivity contribution in [2.75, 3.05) is 11.9 Å². The van der Waals surface area contributed by atoms with Crippen LogP contribution in [-0.2, 0) is 11.8 Å². The SMILES string of the molecule is Cc1ccc(C)c(-n2nc(C34CC5CC(CC(C5)C3)C4)c3c2NCCCC3)c1. The number of hydrogen-bond donors (Lipinski definition) is 1. The minimum atomic E-state index is 0.369. The lowest BCUT2D eigenvalue weighted by Crippen LogP contribution is -2.49. The second-order valence-corrected chi connectivity index (χ2v) is 10.5. The van der Waals surface area contributed by atoms with Crippen LogP contribution in [0.5, 0.6) is 0 Å². The van der Waals surface area contributed by atoms with Crippen molar-refractivity contribution >= 4 is 5.82 Å². The van der Waals surface area contributed by atoms with Crippen molar-refractivity contribution < 1.29 is 0 Å². The van der Waals surface area contributed by atoms with Crippen LogP contribution in [0.25, 0.3) is 5.69 Å². The zero-order chi connectivity index (χ0) is 18.9. The van der Waals surface area contributed by atoms with Gasteiger partial charge in [0.1, 0.15) is 5.82 Å². The Bertz CT molecular complexity index is 887. The van der Waals surface area contributed by atoms with Gasteiger partial charge in [0.05, 0.1) is 11.4 Å². The van der Waals surface area contributed by atoms with Crippen LogP contribution in [-0.4, -0.2) is 16.3 Å². The summed E-state index contributed by atoms with van der Waals surface area (Å²) in [5.41, 5.74) is 7.31. The van der Waals surface area contributed by atoms with Gasteiger partial charge in [-0.25, -0.2) is 4.68 Å². The number of aryl methyl sites for hydroxylation is 2. The Kier molecular flexibility index (Phi) is 3.74. The highest BCUT2D eigenvalue weighted by Gasteiger charge is 2.53. The molecule has 2 aromatic rings. The van der Waals surface area contributed by atoms with Crippen molar-refractivity contribution in [3.05, 3.63) is 40.6 Å². The average Bonchev–Trinajstić information content (AvgIpc) is 2.85. The Morgan fingerprint density at radius 1 is 1.00 bits per heavy atom. The maximum atomic E-state index is 5.45. The summed E-state index contributed by atoms with van der Waals surface area (Å²) in [6, 6.07) is 6.78. The molecule has 7 rings (SSSR count). The smallest absolute Gasteiger partial charge is 0.133 e. The number of fused-ring (bicyclic) bond motifs is 1. The van der Waals surface area contributed by atoms with E-state index < -0.39 is 0 Å². The van der Waals surface area contributed by atoms with Gasteiger partial charge in [0.25, 0.3) is 0 Å². The van der Waals surface area contributed by atoms with Crippen molar-refractivity contribution in [1.29, 1.82) is 0 Å². The van der Waals surface area contributed by atoms with Crippen LogP contribution in [0.2, 0.25) is 0 Å². The molecule has 0 spiro atoms. The number of aromatic nitrogens is 2. The van der Waals surface area contributed by atoms with E-state index in [0.717, 1.165) is 24.3 Å². The number of hydrogen-bond acceptors (Lipinski definition) is 2.